The molecule has 0 unspecified atom stereocenters. The third-order valence-electron chi connectivity index (χ3n) is 5.60. The second-order valence-electron chi connectivity index (χ2n) is 7.79. The molecule has 4 rings (SSSR count). The van der Waals surface area contributed by atoms with Gasteiger partial charge in [-0.3, -0.25) is 9.36 Å². The van der Waals surface area contributed by atoms with Gasteiger partial charge in [-0.1, -0.05) is 54.7 Å². The van der Waals surface area contributed by atoms with Crippen molar-refractivity contribution in [1.82, 2.24) is 4.57 Å². The number of aliphatic carboxylic acids is 1. The van der Waals surface area contributed by atoms with E-state index in [2.05, 4.69) is 4.99 Å². The molecule has 0 amide bonds. The van der Waals surface area contributed by atoms with Crippen molar-refractivity contribution in [3.63, 3.8) is 0 Å². The average molecular weight is 509 g/mol. The van der Waals surface area contributed by atoms with Gasteiger partial charge in [0, 0.05) is 0 Å². The lowest BCUT2D eigenvalue weighted by molar-refractivity contribution is -0.139. The quantitative estimate of drug-likeness (QED) is 0.464. The molecular formula is C26H24N2O7S. The minimum Gasteiger partial charge on any atom is -0.493 e. The van der Waals surface area contributed by atoms with E-state index in [1.54, 1.807) is 24.3 Å². The van der Waals surface area contributed by atoms with E-state index >= 15 is 0 Å². The van der Waals surface area contributed by atoms with Gasteiger partial charge < -0.3 is 19.3 Å². The van der Waals surface area contributed by atoms with Crippen LogP contribution in [0.3, 0.4) is 0 Å². The van der Waals surface area contributed by atoms with Crippen molar-refractivity contribution < 1.29 is 28.9 Å². The summed E-state index contributed by atoms with van der Waals surface area (Å²) in [5, 5.41) is 8.86. The first-order valence-corrected chi connectivity index (χ1v) is 11.9. The third-order valence-corrected chi connectivity index (χ3v) is 6.59. The fraction of sp³-hybridized carbons (Fsp3) is 0.231. The number of carbonyl (C=O) groups is 2. The lowest BCUT2D eigenvalue weighted by Crippen LogP contribution is -2.40. The SMILES string of the molecule is CCC1=C(C(=O)OC)[C@@H](c2ccccc2)n2c(s/c(=C\c3ccc(OCC(=O)O)c(OC)c3)c2=O)=N1. The van der Waals surface area contributed by atoms with E-state index < -0.39 is 24.6 Å². The number of benzene rings is 2. The minimum atomic E-state index is -1.10. The number of carboxylic acids is 1. The summed E-state index contributed by atoms with van der Waals surface area (Å²) in [4.78, 5) is 42.4. The number of esters is 1. The van der Waals surface area contributed by atoms with Crippen LogP contribution in [0.25, 0.3) is 6.08 Å². The standard InChI is InChI=1S/C26H24N2O7S/c1-4-17-22(25(32)34-3)23(16-8-6-5-7-9-16)28-24(31)20(36-26(28)27-17)13-15-10-11-18(19(12-15)33-2)35-14-21(29)30/h5-13,23H,4,14H2,1-3H3,(H,29,30)/b20-13-/t23-/m1/s1. The molecule has 0 spiro atoms. The molecule has 1 aliphatic heterocycles. The highest BCUT2D eigenvalue weighted by molar-refractivity contribution is 7.07. The molecule has 3 aromatic rings. The highest BCUT2D eigenvalue weighted by Crippen LogP contribution is 2.32. The van der Waals surface area contributed by atoms with Gasteiger partial charge in [0.1, 0.15) is 0 Å². The van der Waals surface area contributed by atoms with Crippen LogP contribution in [-0.4, -0.2) is 42.4 Å². The van der Waals surface area contributed by atoms with Gasteiger partial charge in [0.2, 0.25) is 0 Å². The van der Waals surface area contributed by atoms with E-state index in [9.17, 15) is 14.4 Å². The lowest BCUT2D eigenvalue weighted by atomic mass is 9.95. The Balaban J connectivity index is 1.87. The molecule has 2 aromatic carbocycles. The van der Waals surface area contributed by atoms with Crippen LogP contribution in [0.1, 0.15) is 30.5 Å². The average Bonchev–Trinajstić information content (AvgIpc) is 3.20. The molecule has 10 heteroatoms. The Hall–Kier alpha value is -4.18. The van der Waals surface area contributed by atoms with Crippen molar-refractivity contribution in [1.29, 1.82) is 0 Å². The normalized spacial score (nSPS) is 15.2. The van der Waals surface area contributed by atoms with E-state index in [4.69, 9.17) is 19.3 Å². The van der Waals surface area contributed by atoms with Crippen LogP contribution in [0.15, 0.2) is 69.6 Å². The van der Waals surface area contributed by atoms with Crippen LogP contribution in [0.5, 0.6) is 11.5 Å². The number of thiazole rings is 1. The first-order valence-electron chi connectivity index (χ1n) is 11.1. The molecule has 2 heterocycles. The number of fused-ring (bicyclic) bond motifs is 1. The number of aromatic nitrogens is 1. The minimum absolute atomic E-state index is 0.276. The van der Waals surface area contributed by atoms with Crippen LogP contribution in [0, 0.1) is 0 Å². The second kappa shape index (κ2) is 10.6. The van der Waals surface area contributed by atoms with E-state index in [-0.39, 0.29) is 11.3 Å². The van der Waals surface area contributed by atoms with Gasteiger partial charge in [-0.2, -0.15) is 0 Å². The van der Waals surface area contributed by atoms with Gasteiger partial charge in [-0.15, -0.1) is 0 Å². The summed E-state index contributed by atoms with van der Waals surface area (Å²) in [7, 11) is 2.76. The molecule has 1 aromatic heterocycles. The summed E-state index contributed by atoms with van der Waals surface area (Å²) in [6.45, 7) is 1.40. The Morgan fingerprint density at radius 2 is 1.89 bits per heavy atom. The van der Waals surface area contributed by atoms with Gasteiger partial charge in [-0.05, 0) is 35.8 Å². The fourth-order valence-electron chi connectivity index (χ4n) is 4.00. The van der Waals surface area contributed by atoms with Gasteiger partial charge in [0.15, 0.2) is 22.9 Å². The van der Waals surface area contributed by atoms with Crippen molar-refractivity contribution in [2.45, 2.75) is 19.4 Å². The second-order valence-corrected chi connectivity index (χ2v) is 8.80. The van der Waals surface area contributed by atoms with Crippen LogP contribution in [-0.2, 0) is 14.3 Å². The number of hydrogen-bond donors (Lipinski definition) is 1. The number of allylic oxidation sites excluding steroid dienone is 1. The predicted molar refractivity (Wildman–Crippen MR) is 133 cm³/mol. The van der Waals surface area contributed by atoms with Crippen LogP contribution < -0.4 is 24.4 Å². The maximum Gasteiger partial charge on any atom is 0.341 e. The summed E-state index contributed by atoms with van der Waals surface area (Å²) in [5.74, 6) is -1.02. The molecule has 0 bridgehead atoms. The molecule has 0 radical (unpaired) electrons. The van der Waals surface area contributed by atoms with Crippen LogP contribution in [0.4, 0.5) is 0 Å². The maximum atomic E-state index is 13.6. The van der Waals surface area contributed by atoms with E-state index in [0.29, 0.717) is 38.3 Å². The summed E-state index contributed by atoms with van der Waals surface area (Å²) in [6, 6.07) is 13.6. The summed E-state index contributed by atoms with van der Waals surface area (Å²) in [6.07, 6.45) is 2.19. The zero-order chi connectivity index (χ0) is 25.8. The van der Waals surface area contributed by atoms with Crippen molar-refractivity contribution in [3.8, 4) is 11.5 Å². The van der Waals surface area contributed by atoms with Gasteiger partial charge in [0.05, 0.1) is 36.1 Å². The number of ether oxygens (including phenoxy) is 3. The summed E-state index contributed by atoms with van der Waals surface area (Å²) >= 11 is 1.22. The zero-order valence-corrected chi connectivity index (χ0v) is 20.7. The van der Waals surface area contributed by atoms with E-state index in [1.807, 2.05) is 37.3 Å². The molecule has 36 heavy (non-hydrogen) atoms. The highest BCUT2D eigenvalue weighted by atomic mass is 32.1. The number of hydrogen-bond acceptors (Lipinski definition) is 8. The number of nitrogens with zero attached hydrogens (tertiary/aromatic N) is 2. The molecule has 0 saturated heterocycles. The Labute approximate surface area is 210 Å². The molecule has 0 fully saturated rings. The third kappa shape index (κ3) is 4.80. The van der Waals surface area contributed by atoms with Crippen molar-refractivity contribution in [2.75, 3.05) is 20.8 Å². The monoisotopic (exact) mass is 508 g/mol. The largest absolute Gasteiger partial charge is 0.493 e. The Morgan fingerprint density at radius 3 is 2.53 bits per heavy atom. The fourth-order valence-corrected chi connectivity index (χ4v) is 5.02. The lowest BCUT2D eigenvalue weighted by Gasteiger charge is -2.25. The molecule has 186 valence electrons. The van der Waals surface area contributed by atoms with Gasteiger partial charge in [-0.25, -0.2) is 14.6 Å². The maximum absolute atomic E-state index is 13.6. The first kappa shape index (κ1) is 24.9. The summed E-state index contributed by atoms with van der Waals surface area (Å²) in [5.41, 5.74) is 2.04. The van der Waals surface area contributed by atoms with Crippen LogP contribution >= 0.6 is 11.3 Å². The summed E-state index contributed by atoms with van der Waals surface area (Å²) < 4.78 is 17.6. The molecule has 0 saturated carbocycles. The van der Waals surface area contributed by atoms with E-state index in [0.717, 1.165) is 5.56 Å². The van der Waals surface area contributed by atoms with Gasteiger partial charge in [0.25, 0.3) is 5.56 Å². The molecule has 0 aliphatic carbocycles. The molecule has 1 atom stereocenters. The number of carbonyl (C=O) groups excluding carboxylic acids is 1. The topological polar surface area (TPSA) is 116 Å². The predicted octanol–water partition coefficient (Wildman–Crippen LogP) is 2.27. The first-order chi connectivity index (χ1) is 17.4. The number of rotatable bonds is 8. The molecule has 1 N–H and O–H groups in total. The highest BCUT2D eigenvalue weighted by Gasteiger charge is 2.33. The molecule has 9 nitrogen and oxygen atoms in total. The van der Waals surface area contributed by atoms with Crippen molar-refractivity contribution in [3.05, 3.63) is 90.6 Å². The van der Waals surface area contributed by atoms with Crippen molar-refractivity contribution >= 4 is 29.4 Å². The van der Waals surface area contributed by atoms with Crippen molar-refractivity contribution in [2.24, 2.45) is 4.99 Å². The number of carboxylic acid groups (broad SMARTS) is 1. The Bertz CT molecular complexity index is 1520. The van der Waals surface area contributed by atoms with Gasteiger partial charge >= 0.3 is 11.9 Å². The molecular weight excluding hydrogens is 484 g/mol. The Morgan fingerprint density at radius 1 is 1.14 bits per heavy atom. The molecule has 1 aliphatic rings. The number of methoxy groups -OCH3 is 2. The zero-order valence-electron chi connectivity index (χ0n) is 19.9. The Kier molecular flexibility index (Phi) is 7.35. The van der Waals surface area contributed by atoms with E-state index in [1.165, 1.54) is 30.1 Å². The smallest absolute Gasteiger partial charge is 0.341 e. The van der Waals surface area contributed by atoms with Crippen LogP contribution in [0.2, 0.25) is 0 Å².